The minimum Gasteiger partial charge on any atom is -0.744 e. The summed E-state index contributed by atoms with van der Waals surface area (Å²) in [5, 5.41) is 3.78. The summed E-state index contributed by atoms with van der Waals surface area (Å²) in [6.45, 7) is 3.04. The summed E-state index contributed by atoms with van der Waals surface area (Å²) in [6.07, 6.45) is 0. The van der Waals surface area contributed by atoms with Crippen LogP contribution >= 0.6 is 0 Å². The molecule has 0 fully saturated rings. The molecule has 2 N–H and O–H groups in total. The van der Waals surface area contributed by atoms with E-state index in [1.165, 1.54) is 32.6 Å². The highest BCUT2D eigenvalue weighted by Gasteiger charge is 2.21. The molecular formula is C32H26N8O10S2-2. The van der Waals surface area contributed by atoms with Gasteiger partial charge in [0.1, 0.15) is 42.3 Å². The Balaban J connectivity index is 1.60. The fraction of sp³-hybridized carbons (Fsp3) is 0.125. The fourth-order valence-corrected chi connectivity index (χ4v) is 6.93. The largest absolute Gasteiger partial charge is 0.744 e. The van der Waals surface area contributed by atoms with Gasteiger partial charge in [0.25, 0.3) is 11.1 Å². The van der Waals surface area contributed by atoms with Crippen molar-refractivity contribution in [2.45, 2.75) is 23.6 Å². The molecule has 2 aromatic carbocycles. The molecule has 0 amide bonds. The molecule has 0 atom stereocenters. The molecule has 0 spiro atoms. The van der Waals surface area contributed by atoms with Crippen LogP contribution in [0.5, 0.6) is 0 Å². The van der Waals surface area contributed by atoms with Gasteiger partial charge in [-0.05, 0) is 55.5 Å². The van der Waals surface area contributed by atoms with E-state index in [2.05, 4.69) is 21.1 Å². The van der Waals surface area contributed by atoms with Crippen LogP contribution in [0.3, 0.4) is 0 Å². The predicted molar refractivity (Wildman–Crippen MR) is 182 cm³/mol. The lowest BCUT2D eigenvalue weighted by Crippen LogP contribution is -2.41. The first-order valence-electron chi connectivity index (χ1n) is 15.0. The van der Waals surface area contributed by atoms with Crippen LogP contribution in [0.1, 0.15) is 11.4 Å². The minimum atomic E-state index is -5.55. The Hall–Kier alpha value is -6.22. The maximum atomic E-state index is 13.8. The average molecular weight is 747 g/mol. The van der Waals surface area contributed by atoms with Gasteiger partial charge in [0.2, 0.25) is 10.9 Å². The number of rotatable bonds is 8. The van der Waals surface area contributed by atoms with Gasteiger partial charge in [-0.15, -0.1) is 0 Å². The van der Waals surface area contributed by atoms with Crippen LogP contribution < -0.4 is 43.5 Å². The average Bonchev–Trinajstić information content (AvgIpc) is 3.43. The first-order chi connectivity index (χ1) is 24.4. The summed E-state index contributed by atoms with van der Waals surface area (Å²) in [6, 6.07) is 17.8. The lowest BCUT2D eigenvalue weighted by atomic mass is 10.1. The SMILES string of the molecule is Cc1c(NN=c2c(S(=O)(=O)[O-])cc3cc(S(=O)(=O)[O-])c(=NNc4c(C)n(C)n(-c5ccccc5)c4=O)c(=O)c=3c2=O)c(=O)n(-c2ccccc2)n1C. The topological polar surface area (TPSA) is 251 Å². The van der Waals surface area contributed by atoms with E-state index in [0.717, 1.165) is 0 Å². The van der Waals surface area contributed by atoms with Gasteiger partial charge < -0.3 is 9.11 Å². The third-order valence-corrected chi connectivity index (χ3v) is 10.1. The maximum absolute atomic E-state index is 13.8. The lowest BCUT2D eigenvalue weighted by Gasteiger charge is -2.10. The van der Waals surface area contributed by atoms with E-state index in [9.17, 15) is 45.1 Å². The van der Waals surface area contributed by atoms with Crippen molar-refractivity contribution in [3.05, 3.63) is 146 Å². The van der Waals surface area contributed by atoms with Crippen LogP contribution in [-0.4, -0.2) is 44.7 Å². The maximum Gasteiger partial charge on any atom is 0.296 e. The van der Waals surface area contributed by atoms with Gasteiger partial charge in [0, 0.05) is 14.1 Å². The molecule has 0 unspecified atom stereocenters. The Labute approximate surface area is 292 Å². The summed E-state index contributed by atoms with van der Waals surface area (Å²) in [5.41, 5.74) is 1.47. The summed E-state index contributed by atoms with van der Waals surface area (Å²) in [4.78, 5) is 51.8. The number of anilines is 2. The molecule has 6 rings (SSSR count). The van der Waals surface area contributed by atoms with Gasteiger partial charge >= 0.3 is 0 Å². The van der Waals surface area contributed by atoms with Gasteiger partial charge in [0.15, 0.2) is 0 Å². The smallest absolute Gasteiger partial charge is 0.296 e. The molecule has 268 valence electrons. The Kier molecular flexibility index (Phi) is 8.79. The number of benzene rings is 2. The van der Waals surface area contributed by atoms with Gasteiger partial charge in [-0.1, -0.05) is 36.4 Å². The highest BCUT2D eigenvalue weighted by atomic mass is 32.2. The summed E-state index contributed by atoms with van der Waals surface area (Å²) >= 11 is 0. The van der Waals surface area contributed by atoms with E-state index >= 15 is 0 Å². The zero-order chi connectivity index (χ0) is 37.9. The summed E-state index contributed by atoms with van der Waals surface area (Å²) in [5.74, 6) is 0. The second-order valence-electron chi connectivity index (χ2n) is 11.4. The Morgan fingerprint density at radius 3 is 1.27 bits per heavy atom. The molecule has 0 saturated carbocycles. The zero-order valence-electron chi connectivity index (χ0n) is 27.5. The van der Waals surface area contributed by atoms with Crippen LogP contribution in [0.2, 0.25) is 0 Å². The molecule has 52 heavy (non-hydrogen) atoms. The number of aromatic nitrogens is 4. The molecule has 0 radical (unpaired) electrons. The van der Waals surface area contributed by atoms with E-state index in [4.69, 9.17) is 0 Å². The first kappa shape index (κ1) is 35.6. The third kappa shape index (κ3) is 5.98. The number of para-hydroxylation sites is 2. The van der Waals surface area contributed by atoms with Gasteiger partial charge in [-0.25, -0.2) is 26.2 Å². The van der Waals surface area contributed by atoms with Crippen LogP contribution in [0.25, 0.3) is 11.4 Å². The molecule has 0 saturated heterocycles. The monoisotopic (exact) mass is 746 g/mol. The van der Waals surface area contributed by atoms with Crippen molar-refractivity contribution in [2.75, 3.05) is 10.9 Å². The summed E-state index contributed by atoms with van der Waals surface area (Å²) in [7, 11) is -7.99. The second-order valence-corrected chi connectivity index (χ2v) is 14.1. The Bertz CT molecular complexity index is 2880. The molecule has 2 aliphatic rings. The Morgan fingerprint density at radius 1 is 0.596 bits per heavy atom. The molecule has 0 bridgehead atoms. The van der Waals surface area contributed by atoms with E-state index in [1.54, 1.807) is 74.8 Å². The third-order valence-electron chi connectivity index (χ3n) is 8.42. The molecular weight excluding hydrogens is 721 g/mol. The van der Waals surface area contributed by atoms with Crippen LogP contribution in [-0.2, 0) is 34.3 Å². The number of hydrogen-bond acceptors (Lipinski definition) is 14. The summed E-state index contributed by atoms with van der Waals surface area (Å²) < 4.78 is 79.5. The van der Waals surface area contributed by atoms with Gasteiger partial charge in [-0.3, -0.25) is 39.4 Å². The van der Waals surface area contributed by atoms with Gasteiger partial charge in [-0.2, -0.15) is 10.2 Å². The molecule has 4 aromatic rings. The van der Waals surface area contributed by atoms with E-state index < -0.39 is 73.2 Å². The van der Waals surface area contributed by atoms with Crippen molar-refractivity contribution in [1.82, 2.24) is 18.7 Å². The minimum absolute atomic E-state index is 0.213. The second kappa shape index (κ2) is 12.8. The predicted octanol–water partition coefficient (Wildman–Crippen LogP) is -0.733. The van der Waals surface area contributed by atoms with Crippen LogP contribution in [0.15, 0.2) is 112 Å². The van der Waals surface area contributed by atoms with Gasteiger partial charge in [0.05, 0.1) is 37.8 Å². The van der Waals surface area contributed by atoms with Crippen molar-refractivity contribution >= 4 is 31.6 Å². The normalized spacial score (nSPS) is 12.9. The van der Waals surface area contributed by atoms with Crippen molar-refractivity contribution in [1.29, 1.82) is 0 Å². The Morgan fingerprint density at radius 2 is 0.942 bits per heavy atom. The highest BCUT2D eigenvalue weighted by Crippen LogP contribution is 2.15. The molecule has 2 aromatic heterocycles. The zero-order valence-corrected chi connectivity index (χ0v) is 29.1. The molecule has 2 aliphatic carbocycles. The number of nitrogens with zero attached hydrogens (tertiary/aromatic N) is 6. The lowest BCUT2D eigenvalue weighted by molar-refractivity contribution is 0.460. The fourth-order valence-electron chi connectivity index (χ4n) is 5.64. The number of nitrogens with one attached hydrogen (secondary N) is 2. The molecule has 2 heterocycles. The highest BCUT2D eigenvalue weighted by molar-refractivity contribution is 7.86. The molecule has 0 aliphatic heterocycles. The van der Waals surface area contributed by atoms with Crippen molar-refractivity contribution in [2.24, 2.45) is 24.3 Å². The van der Waals surface area contributed by atoms with Crippen LogP contribution in [0.4, 0.5) is 11.4 Å². The van der Waals surface area contributed by atoms with Crippen LogP contribution in [0, 0.1) is 24.3 Å². The number of hydrogen-bond donors (Lipinski definition) is 2. The van der Waals surface area contributed by atoms with E-state index in [-0.39, 0.29) is 22.8 Å². The first-order valence-corrected chi connectivity index (χ1v) is 17.8. The quantitative estimate of drug-likeness (QED) is 0.144. The van der Waals surface area contributed by atoms with Crippen molar-refractivity contribution in [3.8, 4) is 11.4 Å². The van der Waals surface area contributed by atoms with E-state index in [1.807, 2.05) is 0 Å². The van der Waals surface area contributed by atoms with Crippen molar-refractivity contribution < 1.29 is 25.9 Å². The molecule has 18 nitrogen and oxygen atoms in total. The van der Waals surface area contributed by atoms with E-state index in [0.29, 0.717) is 23.5 Å². The molecule has 20 heteroatoms. The van der Waals surface area contributed by atoms with Crippen molar-refractivity contribution in [3.63, 3.8) is 0 Å². The standard InChI is InChI=1S/C32H28N8O10S2/c1-17-25(31(43)39(37(17)3)20-11-7-5-8-12-20)33-35-27-22(51(45,46)47)15-19-16-23(52(48,49)50)28(30(42)24(19)29(27)41)36-34-26-18(2)38(4)40(32(26)44)21-13-9-6-10-14-21/h5-16,33-34H,1-4H3,(H,45,46,47)(H,48,49,50)/p-2.